The molecule has 0 radical (unpaired) electrons. The summed E-state index contributed by atoms with van der Waals surface area (Å²) in [5.41, 5.74) is 0. The molecule has 1 aliphatic rings. The number of hydrogen-bond donors (Lipinski definition) is 1. The van der Waals surface area contributed by atoms with Crippen LogP contribution in [-0.4, -0.2) is 21.5 Å². The summed E-state index contributed by atoms with van der Waals surface area (Å²) < 4.78 is 0. The predicted molar refractivity (Wildman–Crippen MR) is 38.6 cm³/mol. The summed E-state index contributed by atoms with van der Waals surface area (Å²) in [4.78, 5) is 20.3. The van der Waals surface area contributed by atoms with Crippen LogP contribution < -0.4 is 5.32 Å². The highest BCUT2D eigenvalue weighted by Crippen LogP contribution is 2.19. The van der Waals surface area contributed by atoms with E-state index in [1.54, 1.807) is 0 Å². The molecule has 9 heavy (non-hydrogen) atoms. The molecule has 0 bridgehead atoms. The highest BCUT2D eigenvalue weighted by atomic mass is 79.9. The van der Waals surface area contributed by atoms with Crippen LogP contribution in [0.4, 0.5) is 0 Å². The lowest BCUT2D eigenvalue weighted by molar-refractivity contribution is -0.124. The highest BCUT2D eigenvalue weighted by Gasteiger charge is 2.37. The average molecular weight is 257 g/mol. The fourth-order valence-corrected chi connectivity index (χ4v) is 1.23. The van der Waals surface area contributed by atoms with Gasteiger partial charge in [0, 0.05) is 0 Å². The third-order valence-electron chi connectivity index (χ3n) is 1.00. The van der Waals surface area contributed by atoms with E-state index in [1.165, 1.54) is 0 Å². The number of alkyl halides is 2. The number of carbonyl (C=O) groups is 2. The fraction of sp³-hybridized carbons (Fsp3) is 0.500. The van der Waals surface area contributed by atoms with Crippen molar-refractivity contribution in [3.05, 3.63) is 0 Å². The standard InChI is InChI=1S/C4H3Br2NO2/c5-1-2(6)4(9)7-3(1)8/h1-2H,(H,7,8,9)/t1-,2-/m1/s1. The quantitative estimate of drug-likeness (QED) is 0.496. The molecule has 1 heterocycles. The first-order valence-electron chi connectivity index (χ1n) is 2.26. The molecule has 0 aromatic carbocycles. The Kier molecular flexibility index (Phi) is 1.91. The summed E-state index contributed by atoms with van der Waals surface area (Å²) in [6.07, 6.45) is 0. The van der Waals surface area contributed by atoms with E-state index in [0.717, 1.165) is 0 Å². The van der Waals surface area contributed by atoms with Crippen LogP contribution in [0.2, 0.25) is 0 Å². The fourth-order valence-electron chi connectivity index (χ4n) is 0.525. The zero-order chi connectivity index (χ0) is 7.02. The van der Waals surface area contributed by atoms with Crippen molar-refractivity contribution in [1.82, 2.24) is 5.32 Å². The zero-order valence-corrected chi connectivity index (χ0v) is 7.40. The maximum Gasteiger partial charge on any atom is 0.242 e. The molecule has 5 heteroatoms. The van der Waals surface area contributed by atoms with Crippen LogP contribution in [0.5, 0.6) is 0 Å². The van der Waals surface area contributed by atoms with Crippen LogP contribution in [0, 0.1) is 0 Å². The minimum Gasteiger partial charge on any atom is -0.294 e. The Hall–Kier alpha value is 0.1000. The number of nitrogens with one attached hydrogen (secondary N) is 1. The molecule has 0 aromatic rings. The van der Waals surface area contributed by atoms with E-state index in [0.29, 0.717) is 0 Å². The second kappa shape index (κ2) is 2.38. The summed E-state index contributed by atoms with van der Waals surface area (Å²) in [5.74, 6) is -0.552. The molecule has 2 atom stereocenters. The Labute approximate surface area is 68.4 Å². The van der Waals surface area contributed by atoms with Gasteiger partial charge in [0.25, 0.3) is 0 Å². The second-order valence-corrected chi connectivity index (χ2v) is 3.63. The first-order valence-corrected chi connectivity index (χ1v) is 4.09. The van der Waals surface area contributed by atoms with Crippen molar-refractivity contribution in [3.8, 4) is 0 Å². The number of carbonyl (C=O) groups excluding carboxylic acids is 2. The Balaban J connectivity index is 2.77. The van der Waals surface area contributed by atoms with Crippen molar-refractivity contribution in [2.24, 2.45) is 0 Å². The molecule has 1 N–H and O–H groups in total. The highest BCUT2D eigenvalue weighted by molar-refractivity contribution is 9.12. The van der Waals surface area contributed by atoms with E-state index in [2.05, 4.69) is 37.2 Å². The minimum absolute atomic E-state index is 0.276. The first kappa shape index (κ1) is 7.21. The lowest BCUT2D eigenvalue weighted by Gasteiger charge is -1.95. The van der Waals surface area contributed by atoms with Crippen LogP contribution in [0.1, 0.15) is 0 Å². The number of hydrogen-bond acceptors (Lipinski definition) is 2. The molecule has 2 amide bonds. The molecule has 1 aliphatic heterocycles. The summed E-state index contributed by atoms with van der Waals surface area (Å²) in [6.45, 7) is 0. The third-order valence-corrected chi connectivity index (χ3v) is 3.60. The van der Waals surface area contributed by atoms with Crippen molar-refractivity contribution in [3.63, 3.8) is 0 Å². The van der Waals surface area contributed by atoms with Gasteiger partial charge in [0.05, 0.1) is 0 Å². The van der Waals surface area contributed by atoms with Crippen LogP contribution in [-0.2, 0) is 9.59 Å². The van der Waals surface area contributed by atoms with Gasteiger partial charge < -0.3 is 0 Å². The van der Waals surface area contributed by atoms with E-state index in [1.807, 2.05) is 0 Å². The van der Waals surface area contributed by atoms with Gasteiger partial charge in [-0.05, 0) is 0 Å². The normalized spacial score (nSPS) is 34.9. The van der Waals surface area contributed by atoms with Crippen molar-refractivity contribution in [2.45, 2.75) is 9.65 Å². The molecule has 1 fully saturated rings. The Morgan fingerprint density at radius 1 is 1.11 bits per heavy atom. The van der Waals surface area contributed by atoms with Crippen LogP contribution in [0.3, 0.4) is 0 Å². The van der Waals surface area contributed by atoms with Gasteiger partial charge in [0.1, 0.15) is 9.65 Å². The summed E-state index contributed by atoms with van der Waals surface area (Å²) in [7, 11) is 0. The molecule has 0 aliphatic carbocycles. The van der Waals surface area contributed by atoms with Crippen molar-refractivity contribution < 1.29 is 9.59 Å². The number of halogens is 2. The largest absolute Gasteiger partial charge is 0.294 e. The van der Waals surface area contributed by atoms with E-state index < -0.39 is 9.65 Å². The number of rotatable bonds is 0. The molecule has 50 valence electrons. The molecule has 1 saturated heterocycles. The number of imide groups is 1. The molecule has 0 aromatic heterocycles. The lowest BCUT2D eigenvalue weighted by atomic mass is 10.4. The summed E-state index contributed by atoms with van der Waals surface area (Å²) in [6, 6.07) is 0. The zero-order valence-electron chi connectivity index (χ0n) is 4.23. The lowest BCUT2D eigenvalue weighted by Crippen LogP contribution is -2.22. The molecule has 0 saturated carbocycles. The van der Waals surface area contributed by atoms with E-state index in [9.17, 15) is 9.59 Å². The average Bonchev–Trinajstić information content (AvgIpc) is 1.98. The van der Waals surface area contributed by atoms with Gasteiger partial charge in [-0.2, -0.15) is 0 Å². The minimum atomic E-state index is -0.412. The SMILES string of the molecule is O=C1NC(=O)[C@H](Br)[C@H]1Br. The van der Waals surface area contributed by atoms with Gasteiger partial charge in [-0.1, -0.05) is 31.9 Å². The van der Waals surface area contributed by atoms with Gasteiger partial charge in [-0.3, -0.25) is 14.9 Å². The van der Waals surface area contributed by atoms with Crippen molar-refractivity contribution >= 4 is 43.7 Å². The van der Waals surface area contributed by atoms with E-state index >= 15 is 0 Å². The third kappa shape index (κ3) is 1.16. The van der Waals surface area contributed by atoms with Crippen LogP contribution >= 0.6 is 31.9 Å². The number of amides is 2. The summed E-state index contributed by atoms with van der Waals surface area (Å²) >= 11 is 6.06. The molecular formula is C4H3Br2NO2. The van der Waals surface area contributed by atoms with Gasteiger partial charge in [-0.15, -0.1) is 0 Å². The van der Waals surface area contributed by atoms with Crippen molar-refractivity contribution in [2.75, 3.05) is 0 Å². The topological polar surface area (TPSA) is 46.2 Å². The maximum atomic E-state index is 10.6. The van der Waals surface area contributed by atoms with E-state index in [4.69, 9.17) is 0 Å². The predicted octanol–water partition coefficient (Wildman–Crippen LogP) is 0.170. The molecule has 0 spiro atoms. The van der Waals surface area contributed by atoms with Gasteiger partial charge in [0.15, 0.2) is 0 Å². The Morgan fingerprint density at radius 3 is 1.56 bits per heavy atom. The Bertz CT molecular complexity index is 152. The maximum absolute atomic E-state index is 10.6. The molecule has 0 unspecified atom stereocenters. The molecular weight excluding hydrogens is 254 g/mol. The van der Waals surface area contributed by atoms with E-state index in [-0.39, 0.29) is 11.8 Å². The summed E-state index contributed by atoms with van der Waals surface area (Å²) in [5, 5.41) is 2.14. The Morgan fingerprint density at radius 2 is 1.44 bits per heavy atom. The van der Waals surface area contributed by atoms with Gasteiger partial charge >= 0.3 is 0 Å². The molecule has 1 rings (SSSR count). The van der Waals surface area contributed by atoms with Crippen molar-refractivity contribution in [1.29, 1.82) is 0 Å². The monoisotopic (exact) mass is 255 g/mol. The van der Waals surface area contributed by atoms with Crippen LogP contribution in [0.25, 0.3) is 0 Å². The van der Waals surface area contributed by atoms with Gasteiger partial charge in [-0.25, -0.2) is 0 Å². The first-order chi connectivity index (χ1) is 4.13. The molecule has 3 nitrogen and oxygen atoms in total. The van der Waals surface area contributed by atoms with Gasteiger partial charge in [0.2, 0.25) is 11.8 Å². The smallest absolute Gasteiger partial charge is 0.242 e. The van der Waals surface area contributed by atoms with Crippen LogP contribution in [0.15, 0.2) is 0 Å². The second-order valence-electron chi connectivity index (χ2n) is 1.66.